The van der Waals surface area contributed by atoms with Crippen LogP contribution < -0.4 is 5.32 Å². The van der Waals surface area contributed by atoms with Gasteiger partial charge in [0.15, 0.2) is 9.84 Å². The molecule has 0 saturated carbocycles. The summed E-state index contributed by atoms with van der Waals surface area (Å²) in [5.74, 6) is 0.535. The highest BCUT2D eigenvalue weighted by Gasteiger charge is 2.10. The molecule has 0 bridgehead atoms. The maximum Gasteiger partial charge on any atom is 0.175 e. The minimum Gasteiger partial charge on any atom is -0.310 e. The molecule has 1 aromatic rings. The topological polar surface area (TPSA) is 46.2 Å². The van der Waals surface area contributed by atoms with E-state index in [1.165, 1.54) is 6.26 Å². The van der Waals surface area contributed by atoms with E-state index in [2.05, 4.69) is 25.7 Å². The lowest BCUT2D eigenvalue weighted by Gasteiger charge is -2.20. The molecule has 0 aliphatic rings. The average molecular weight is 281 g/mol. The van der Waals surface area contributed by atoms with Crippen LogP contribution in [0, 0.1) is 5.92 Å². The predicted octanol–water partition coefficient (Wildman–Crippen LogP) is 2.78. The Kier molecular flexibility index (Phi) is 5.76. The van der Waals surface area contributed by atoms with Gasteiger partial charge in [0.1, 0.15) is 0 Å². The zero-order valence-corrected chi connectivity index (χ0v) is 12.7. The number of hydrogen-bond donors (Lipinski definition) is 1. The number of benzene rings is 1. The van der Waals surface area contributed by atoms with Gasteiger partial charge in [-0.3, -0.25) is 0 Å². The summed E-state index contributed by atoms with van der Waals surface area (Å²) in [6, 6.07) is 7.42. The summed E-state index contributed by atoms with van der Waals surface area (Å²) >= 11 is 0. The molecule has 0 aliphatic heterocycles. The molecule has 0 heterocycles. The quantitative estimate of drug-likeness (QED) is 0.782. The lowest BCUT2D eigenvalue weighted by atomic mass is 10.00. The van der Waals surface area contributed by atoms with Crippen molar-refractivity contribution in [3.8, 4) is 0 Å². The van der Waals surface area contributed by atoms with Crippen LogP contribution in [0.5, 0.6) is 0 Å². The fourth-order valence-corrected chi connectivity index (χ4v) is 2.43. The Bertz CT molecular complexity index is 505. The third kappa shape index (κ3) is 5.17. The largest absolute Gasteiger partial charge is 0.310 e. The average Bonchev–Trinajstić information content (AvgIpc) is 2.35. The van der Waals surface area contributed by atoms with E-state index in [0.717, 1.165) is 18.5 Å². The van der Waals surface area contributed by atoms with Crippen LogP contribution in [0.15, 0.2) is 41.8 Å². The highest BCUT2D eigenvalue weighted by Crippen LogP contribution is 2.12. The van der Waals surface area contributed by atoms with Crippen molar-refractivity contribution in [3.05, 3.63) is 42.5 Å². The summed E-state index contributed by atoms with van der Waals surface area (Å²) in [6.07, 6.45) is 4.14. The molecule has 0 unspecified atom stereocenters. The second kappa shape index (κ2) is 6.87. The smallest absolute Gasteiger partial charge is 0.175 e. The molecule has 0 spiro atoms. The Balaban J connectivity index is 2.57. The lowest BCUT2D eigenvalue weighted by Crippen LogP contribution is -2.31. The maximum atomic E-state index is 11.3. The van der Waals surface area contributed by atoms with E-state index in [4.69, 9.17) is 0 Å². The maximum absolute atomic E-state index is 11.3. The van der Waals surface area contributed by atoms with Crippen molar-refractivity contribution in [2.45, 2.75) is 37.8 Å². The number of rotatable bonds is 7. The lowest BCUT2D eigenvalue weighted by molar-refractivity contribution is 0.402. The van der Waals surface area contributed by atoms with Crippen LogP contribution in [-0.2, 0) is 16.4 Å². The molecule has 0 fully saturated rings. The number of nitrogens with one attached hydrogen (secondary N) is 1. The Hall–Kier alpha value is -1.13. The van der Waals surface area contributed by atoms with Crippen molar-refractivity contribution in [1.82, 2.24) is 5.32 Å². The molecular weight excluding hydrogens is 258 g/mol. The molecule has 0 aromatic heterocycles. The molecule has 1 rings (SSSR count). The first-order valence-electron chi connectivity index (χ1n) is 6.48. The van der Waals surface area contributed by atoms with Gasteiger partial charge in [-0.1, -0.05) is 25.1 Å². The van der Waals surface area contributed by atoms with Gasteiger partial charge in [0.05, 0.1) is 4.90 Å². The third-order valence-corrected chi connectivity index (χ3v) is 4.50. The molecule has 0 saturated heterocycles. The van der Waals surface area contributed by atoms with Gasteiger partial charge in [0, 0.05) is 18.8 Å². The van der Waals surface area contributed by atoms with E-state index in [9.17, 15) is 8.42 Å². The monoisotopic (exact) mass is 281 g/mol. The van der Waals surface area contributed by atoms with Crippen LogP contribution in [0.25, 0.3) is 0 Å². The Morgan fingerprint density at radius 1 is 1.26 bits per heavy atom. The van der Waals surface area contributed by atoms with Gasteiger partial charge in [-0.05, 0) is 37.0 Å². The highest BCUT2D eigenvalue weighted by molar-refractivity contribution is 7.90. The minimum absolute atomic E-state index is 0.365. The first-order valence-corrected chi connectivity index (χ1v) is 8.37. The van der Waals surface area contributed by atoms with E-state index in [1.54, 1.807) is 12.1 Å². The van der Waals surface area contributed by atoms with Crippen LogP contribution in [0.1, 0.15) is 25.8 Å². The highest BCUT2D eigenvalue weighted by atomic mass is 32.2. The van der Waals surface area contributed by atoms with Gasteiger partial charge in [-0.2, -0.15) is 0 Å². The van der Waals surface area contributed by atoms with Gasteiger partial charge in [-0.25, -0.2) is 8.42 Å². The second-order valence-electron chi connectivity index (χ2n) is 5.09. The Labute approximate surface area is 116 Å². The summed E-state index contributed by atoms with van der Waals surface area (Å²) in [6.45, 7) is 8.83. The van der Waals surface area contributed by atoms with Crippen molar-refractivity contribution in [1.29, 1.82) is 0 Å². The predicted molar refractivity (Wildman–Crippen MR) is 79.8 cm³/mol. The molecule has 3 nitrogen and oxygen atoms in total. The first kappa shape index (κ1) is 15.9. The zero-order chi connectivity index (χ0) is 14.5. The molecular formula is C15H23NO2S. The van der Waals surface area contributed by atoms with Gasteiger partial charge in [0.25, 0.3) is 0 Å². The zero-order valence-electron chi connectivity index (χ0n) is 11.9. The van der Waals surface area contributed by atoms with E-state index in [0.29, 0.717) is 16.9 Å². The number of allylic oxidation sites excluding steroid dienone is 1. The summed E-state index contributed by atoms with van der Waals surface area (Å²) in [4.78, 5) is 0.365. The Morgan fingerprint density at radius 2 is 1.84 bits per heavy atom. The normalized spacial score (nSPS) is 14.9. The second-order valence-corrected chi connectivity index (χ2v) is 7.10. The number of hydrogen-bond acceptors (Lipinski definition) is 3. The molecule has 4 heteroatoms. The fraction of sp³-hybridized carbons (Fsp3) is 0.467. The van der Waals surface area contributed by atoms with Gasteiger partial charge >= 0.3 is 0 Å². The molecule has 0 amide bonds. The van der Waals surface area contributed by atoms with Crippen molar-refractivity contribution < 1.29 is 8.42 Å². The van der Waals surface area contributed by atoms with Crippen LogP contribution in [-0.4, -0.2) is 20.7 Å². The summed E-state index contributed by atoms with van der Waals surface area (Å²) in [5, 5.41) is 3.44. The minimum atomic E-state index is -3.10. The molecule has 1 aromatic carbocycles. The van der Waals surface area contributed by atoms with Gasteiger partial charge in [0.2, 0.25) is 0 Å². The van der Waals surface area contributed by atoms with Crippen LogP contribution in [0.2, 0.25) is 0 Å². The van der Waals surface area contributed by atoms with Crippen LogP contribution in [0.3, 0.4) is 0 Å². The van der Waals surface area contributed by atoms with Gasteiger partial charge in [-0.15, -0.1) is 6.58 Å². The van der Waals surface area contributed by atoms with Crippen LogP contribution in [0.4, 0.5) is 0 Å². The van der Waals surface area contributed by atoms with Crippen molar-refractivity contribution in [2.75, 3.05) is 6.26 Å². The molecule has 2 atom stereocenters. The van der Waals surface area contributed by atoms with Crippen molar-refractivity contribution >= 4 is 9.84 Å². The van der Waals surface area contributed by atoms with Crippen molar-refractivity contribution in [2.24, 2.45) is 5.92 Å². The summed E-state index contributed by atoms with van der Waals surface area (Å²) < 4.78 is 22.7. The molecule has 106 valence electrons. The Morgan fingerprint density at radius 3 is 2.32 bits per heavy atom. The van der Waals surface area contributed by atoms with E-state index in [-0.39, 0.29) is 0 Å². The van der Waals surface area contributed by atoms with E-state index in [1.807, 2.05) is 18.2 Å². The van der Waals surface area contributed by atoms with E-state index >= 15 is 0 Å². The molecule has 0 aliphatic carbocycles. The number of sulfone groups is 1. The summed E-state index contributed by atoms with van der Waals surface area (Å²) in [5.41, 5.74) is 1.09. The van der Waals surface area contributed by atoms with E-state index < -0.39 is 9.84 Å². The third-order valence-electron chi connectivity index (χ3n) is 3.37. The first-order chi connectivity index (χ1) is 8.84. The van der Waals surface area contributed by atoms with Crippen LogP contribution >= 0.6 is 0 Å². The fourth-order valence-electron chi connectivity index (χ4n) is 1.80. The molecule has 1 N–H and O–H groups in total. The SMILES string of the molecule is C=CC[C@@H](C)[C@@H](C)NCc1ccc(S(C)(=O)=O)cc1. The molecule has 19 heavy (non-hydrogen) atoms. The summed E-state index contributed by atoms with van der Waals surface area (Å²) in [7, 11) is -3.10. The van der Waals surface area contributed by atoms with Crippen molar-refractivity contribution in [3.63, 3.8) is 0 Å². The van der Waals surface area contributed by atoms with Gasteiger partial charge < -0.3 is 5.32 Å². The molecule has 0 radical (unpaired) electrons. The standard InChI is InChI=1S/C15H23NO2S/c1-5-6-12(2)13(3)16-11-14-7-9-15(10-8-14)19(4,17)18/h5,7-10,12-13,16H,1,6,11H2,2-4H3/t12-,13-/m1/s1.